The number of rotatable bonds is 6. The van der Waals surface area contributed by atoms with Gasteiger partial charge in [-0.2, -0.15) is 0 Å². The first kappa shape index (κ1) is 22.8. The van der Waals surface area contributed by atoms with E-state index in [-0.39, 0.29) is 6.42 Å². The van der Waals surface area contributed by atoms with Gasteiger partial charge in [0.05, 0.1) is 23.7 Å². The summed E-state index contributed by atoms with van der Waals surface area (Å²) in [5.41, 5.74) is -0.791. The average Bonchev–Trinajstić information content (AvgIpc) is 2.58. The number of hydrogen-bond acceptors (Lipinski definition) is 6. The molecule has 29 heavy (non-hydrogen) atoms. The summed E-state index contributed by atoms with van der Waals surface area (Å²) in [5, 5.41) is 10.9. The summed E-state index contributed by atoms with van der Waals surface area (Å²) in [5.74, 6) is -4.91. The van der Waals surface area contributed by atoms with Gasteiger partial charge < -0.3 is 14.6 Å². The monoisotopic (exact) mass is 402 g/mol. The summed E-state index contributed by atoms with van der Waals surface area (Å²) in [6.07, 6.45) is 2.26. The molecular formula is C23H30O6. The average molecular weight is 402 g/mol. The molecule has 1 aromatic carbocycles. The Morgan fingerprint density at radius 3 is 2.17 bits per heavy atom. The Labute approximate surface area is 171 Å². The van der Waals surface area contributed by atoms with Gasteiger partial charge in [-0.25, -0.2) is 0 Å². The Morgan fingerprint density at radius 2 is 1.62 bits per heavy atom. The molecule has 1 aliphatic rings. The predicted octanol–water partition coefficient (Wildman–Crippen LogP) is 3.18. The van der Waals surface area contributed by atoms with Gasteiger partial charge in [0, 0.05) is 12.3 Å². The third-order valence-electron chi connectivity index (χ3n) is 4.84. The van der Waals surface area contributed by atoms with E-state index in [1.807, 2.05) is 30.3 Å². The van der Waals surface area contributed by atoms with Gasteiger partial charge in [0.1, 0.15) is 5.92 Å². The molecule has 0 radical (unpaired) electrons. The molecule has 1 aliphatic carbocycles. The Kier molecular flexibility index (Phi) is 7.36. The van der Waals surface area contributed by atoms with E-state index in [1.54, 1.807) is 39.8 Å². The fraction of sp³-hybridized carbons (Fsp3) is 0.522. The Morgan fingerprint density at radius 1 is 1.07 bits per heavy atom. The van der Waals surface area contributed by atoms with Crippen LogP contribution >= 0.6 is 0 Å². The smallest absolute Gasteiger partial charge is 0.317 e. The highest BCUT2D eigenvalue weighted by molar-refractivity contribution is 6.02. The minimum Gasteiger partial charge on any atom is -0.463 e. The summed E-state index contributed by atoms with van der Waals surface area (Å²) >= 11 is 0. The Hall–Kier alpha value is -2.47. The third kappa shape index (κ3) is 5.76. The summed E-state index contributed by atoms with van der Waals surface area (Å²) in [6, 6.07) is 9.32. The molecule has 6 heteroatoms. The first-order chi connectivity index (χ1) is 13.5. The first-order valence-corrected chi connectivity index (χ1v) is 9.92. The molecule has 0 aromatic heterocycles. The van der Waals surface area contributed by atoms with Crippen LogP contribution in [0.25, 0.3) is 6.08 Å². The fourth-order valence-corrected chi connectivity index (χ4v) is 3.71. The molecular weight excluding hydrogens is 372 g/mol. The van der Waals surface area contributed by atoms with Crippen LogP contribution in [0.2, 0.25) is 0 Å². The second-order valence-corrected chi connectivity index (χ2v) is 8.27. The van der Waals surface area contributed by atoms with Crippen molar-refractivity contribution in [2.75, 3.05) is 0 Å². The van der Waals surface area contributed by atoms with Crippen LogP contribution in [0.3, 0.4) is 0 Å². The van der Waals surface area contributed by atoms with Crippen LogP contribution in [0.5, 0.6) is 0 Å². The van der Waals surface area contributed by atoms with Crippen LogP contribution in [0.15, 0.2) is 36.4 Å². The number of aliphatic hydroxyl groups is 1. The molecule has 1 aromatic rings. The Bertz CT molecular complexity index is 755. The summed E-state index contributed by atoms with van der Waals surface area (Å²) in [6.45, 7) is 8.24. The second-order valence-electron chi connectivity index (χ2n) is 8.27. The maximum atomic E-state index is 12.9. The highest BCUT2D eigenvalue weighted by Crippen LogP contribution is 2.42. The van der Waals surface area contributed by atoms with Gasteiger partial charge in [0.2, 0.25) is 0 Å². The van der Waals surface area contributed by atoms with Crippen LogP contribution < -0.4 is 0 Å². The lowest BCUT2D eigenvalue weighted by atomic mass is 9.63. The summed E-state index contributed by atoms with van der Waals surface area (Å²) in [4.78, 5) is 38.4. The Balaban J connectivity index is 2.50. The van der Waals surface area contributed by atoms with Crippen molar-refractivity contribution < 1.29 is 29.0 Å². The molecule has 1 saturated carbocycles. The molecule has 0 aliphatic heterocycles. The largest absolute Gasteiger partial charge is 0.463 e. The van der Waals surface area contributed by atoms with Crippen molar-refractivity contribution in [1.82, 2.24) is 0 Å². The van der Waals surface area contributed by atoms with E-state index in [9.17, 15) is 19.5 Å². The van der Waals surface area contributed by atoms with Gasteiger partial charge in [-0.3, -0.25) is 14.4 Å². The van der Waals surface area contributed by atoms with Gasteiger partial charge in [-0.05, 0) is 40.2 Å². The number of hydrogen-bond donors (Lipinski definition) is 1. The van der Waals surface area contributed by atoms with Crippen molar-refractivity contribution in [3.05, 3.63) is 42.0 Å². The first-order valence-electron chi connectivity index (χ1n) is 9.92. The van der Waals surface area contributed by atoms with Crippen molar-refractivity contribution in [1.29, 1.82) is 0 Å². The SMILES string of the molecule is CC(C)OC(=O)[C@@H]1C(=O)C[C@](C)(O)[C@@H](C(=O)OC(C)C)[C@H]1C=Cc1ccccc1. The zero-order valence-corrected chi connectivity index (χ0v) is 17.6. The molecule has 2 rings (SSSR count). The number of ketones is 1. The van der Waals surface area contributed by atoms with Gasteiger partial charge >= 0.3 is 11.9 Å². The molecule has 1 fully saturated rings. The van der Waals surface area contributed by atoms with Crippen LogP contribution in [0.4, 0.5) is 0 Å². The van der Waals surface area contributed by atoms with Crippen molar-refractivity contribution >= 4 is 23.8 Å². The van der Waals surface area contributed by atoms with Gasteiger partial charge in [-0.1, -0.05) is 42.5 Å². The molecule has 0 bridgehead atoms. The van der Waals surface area contributed by atoms with Crippen LogP contribution in [-0.4, -0.2) is 40.6 Å². The molecule has 6 nitrogen and oxygen atoms in total. The number of carbonyl (C=O) groups excluding carboxylic acids is 3. The zero-order valence-electron chi connectivity index (χ0n) is 17.6. The third-order valence-corrected chi connectivity index (χ3v) is 4.84. The van der Waals surface area contributed by atoms with Crippen LogP contribution in [-0.2, 0) is 23.9 Å². The molecule has 0 spiro atoms. The lowest BCUT2D eigenvalue weighted by Crippen LogP contribution is -2.56. The van der Waals surface area contributed by atoms with E-state index in [0.717, 1.165) is 5.56 Å². The van der Waals surface area contributed by atoms with Crippen molar-refractivity contribution in [3.8, 4) is 0 Å². The molecule has 4 atom stereocenters. The van der Waals surface area contributed by atoms with Crippen molar-refractivity contribution in [2.24, 2.45) is 17.8 Å². The normalized spacial score (nSPS) is 27.4. The fourth-order valence-electron chi connectivity index (χ4n) is 3.71. The number of allylic oxidation sites excluding steroid dienone is 1. The number of carbonyl (C=O) groups is 3. The van der Waals surface area contributed by atoms with Crippen molar-refractivity contribution in [2.45, 2.75) is 58.8 Å². The lowest BCUT2D eigenvalue weighted by molar-refractivity contribution is -0.178. The predicted molar refractivity (Wildman–Crippen MR) is 109 cm³/mol. The number of esters is 2. The molecule has 0 heterocycles. The highest BCUT2D eigenvalue weighted by Gasteiger charge is 2.56. The van der Waals surface area contributed by atoms with Crippen molar-refractivity contribution in [3.63, 3.8) is 0 Å². The molecule has 1 N–H and O–H groups in total. The van der Waals surface area contributed by atoms with E-state index in [1.165, 1.54) is 6.92 Å². The van der Waals surface area contributed by atoms with E-state index in [0.29, 0.717) is 0 Å². The van der Waals surface area contributed by atoms with E-state index < -0.39 is 53.3 Å². The van der Waals surface area contributed by atoms with Crippen LogP contribution in [0.1, 0.15) is 46.6 Å². The molecule has 0 amide bonds. The molecule has 0 unspecified atom stereocenters. The number of benzene rings is 1. The zero-order chi connectivity index (χ0) is 21.8. The number of Topliss-reactive ketones (excluding diaryl/α,β-unsaturated/α-hetero) is 1. The van der Waals surface area contributed by atoms with Gasteiger partial charge in [0.25, 0.3) is 0 Å². The maximum absolute atomic E-state index is 12.9. The lowest BCUT2D eigenvalue weighted by Gasteiger charge is -2.42. The highest BCUT2D eigenvalue weighted by atomic mass is 16.5. The minimum absolute atomic E-state index is 0.321. The molecule has 0 saturated heterocycles. The van der Waals surface area contributed by atoms with E-state index >= 15 is 0 Å². The van der Waals surface area contributed by atoms with E-state index in [2.05, 4.69) is 0 Å². The standard InChI is InChI=1S/C23H30O6/c1-14(2)28-21(25)19-17(12-11-16-9-7-6-8-10-16)20(22(26)29-15(3)4)23(5,27)13-18(19)24/h6-12,14-15,17,19-20,27H,13H2,1-5H3/t17-,19-,20+,23-/m0/s1. The number of ether oxygens (including phenoxy) is 2. The topological polar surface area (TPSA) is 89.9 Å². The maximum Gasteiger partial charge on any atom is 0.317 e. The quantitative estimate of drug-likeness (QED) is 0.581. The molecule has 158 valence electrons. The van der Waals surface area contributed by atoms with Gasteiger partial charge in [0.15, 0.2) is 5.78 Å². The van der Waals surface area contributed by atoms with Gasteiger partial charge in [-0.15, -0.1) is 0 Å². The van der Waals surface area contributed by atoms with Crippen LogP contribution in [0, 0.1) is 17.8 Å². The second kappa shape index (κ2) is 9.35. The van der Waals surface area contributed by atoms with E-state index in [4.69, 9.17) is 9.47 Å². The minimum atomic E-state index is -1.64. The summed E-state index contributed by atoms with van der Waals surface area (Å²) in [7, 11) is 0. The summed E-state index contributed by atoms with van der Waals surface area (Å²) < 4.78 is 10.6.